The van der Waals surface area contributed by atoms with Crippen molar-refractivity contribution in [2.24, 2.45) is 11.3 Å². The van der Waals surface area contributed by atoms with Gasteiger partial charge in [0.2, 0.25) is 0 Å². The first-order valence-corrected chi connectivity index (χ1v) is 6.51. The first-order valence-electron chi connectivity index (χ1n) is 6.51. The fourth-order valence-corrected chi connectivity index (χ4v) is 3.18. The lowest BCUT2D eigenvalue weighted by molar-refractivity contribution is -0.0436. The third kappa shape index (κ3) is 2.54. The molecule has 1 spiro atoms. The van der Waals surface area contributed by atoms with Crippen LogP contribution >= 0.6 is 0 Å². The summed E-state index contributed by atoms with van der Waals surface area (Å²) in [5, 5.41) is 0. The van der Waals surface area contributed by atoms with Crippen molar-refractivity contribution in [3.05, 3.63) is 0 Å². The molecule has 2 heteroatoms. The van der Waals surface area contributed by atoms with Gasteiger partial charge in [-0.2, -0.15) is 0 Å². The van der Waals surface area contributed by atoms with Crippen LogP contribution in [-0.2, 0) is 0 Å². The largest absolute Gasteiger partial charge is 0.306 e. The molecule has 0 bridgehead atoms. The average molecular weight is 210 g/mol. The highest BCUT2D eigenvalue weighted by Crippen LogP contribution is 2.47. The highest BCUT2D eigenvalue weighted by molar-refractivity contribution is 4.98. The SMILES string of the molecule is CCC1CN(C)C1.CN1CC2(CCC2)C1. The van der Waals surface area contributed by atoms with Gasteiger partial charge < -0.3 is 9.80 Å². The molecule has 0 atom stereocenters. The van der Waals surface area contributed by atoms with Crippen molar-refractivity contribution in [1.82, 2.24) is 9.80 Å². The van der Waals surface area contributed by atoms with Gasteiger partial charge in [-0.15, -0.1) is 0 Å². The molecular formula is C13H26N2. The Kier molecular flexibility index (Phi) is 3.36. The van der Waals surface area contributed by atoms with E-state index in [0.29, 0.717) is 0 Å². The molecule has 2 saturated heterocycles. The molecule has 3 aliphatic rings. The summed E-state index contributed by atoms with van der Waals surface area (Å²) in [7, 11) is 4.38. The first-order chi connectivity index (χ1) is 7.13. The van der Waals surface area contributed by atoms with Gasteiger partial charge in [0.25, 0.3) is 0 Å². The second-order valence-electron chi connectivity index (χ2n) is 6.02. The summed E-state index contributed by atoms with van der Waals surface area (Å²) in [5.74, 6) is 1.02. The Labute approximate surface area is 94.6 Å². The Morgan fingerprint density at radius 1 is 1.07 bits per heavy atom. The van der Waals surface area contributed by atoms with Crippen molar-refractivity contribution in [2.45, 2.75) is 32.6 Å². The van der Waals surface area contributed by atoms with Gasteiger partial charge in [0.1, 0.15) is 0 Å². The molecule has 1 saturated carbocycles. The van der Waals surface area contributed by atoms with E-state index in [-0.39, 0.29) is 0 Å². The van der Waals surface area contributed by atoms with E-state index in [9.17, 15) is 0 Å². The molecule has 2 heterocycles. The Bertz CT molecular complexity index is 197. The minimum Gasteiger partial charge on any atom is -0.306 e. The summed E-state index contributed by atoms with van der Waals surface area (Å²) in [6.45, 7) is 7.69. The van der Waals surface area contributed by atoms with E-state index in [4.69, 9.17) is 0 Å². The van der Waals surface area contributed by atoms with Crippen molar-refractivity contribution in [3.8, 4) is 0 Å². The lowest BCUT2D eigenvalue weighted by Gasteiger charge is -2.54. The van der Waals surface area contributed by atoms with E-state index in [1.807, 2.05) is 0 Å². The van der Waals surface area contributed by atoms with Gasteiger partial charge in [-0.25, -0.2) is 0 Å². The Balaban J connectivity index is 0.000000115. The van der Waals surface area contributed by atoms with Crippen LogP contribution in [0.15, 0.2) is 0 Å². The zero-order valence-corrected chi connectivity index (χ0v) is 10.6. The zero-order valence-electron chi connectivity index (χ0n) is 10.6. The maximum atomic E-state index is 2.42. The van der Waals surface area contributed by atoms with Crippen LogP contribution in [-0.4, -0.2) is 50.1 Å². The molecule has 0 N–H and O–H groups in total. The van der Waals surface area contributed by atoms with Crippen molar-refractivity contribution >= 4 is 0 Å². The van der Waals surface area contributed by atoms with Gasteiger partial charge in [-0.05, 0) is 38.3 Å². The summed E-state index contributed by atoms with van der Waals surface area (Å²) in [6, 6.07) is 0. The van der Waals surface area contributed by atoms with Gasteiger partial charge in [0.15, 0.2) is 0 Å². The average Bonchev–Trinajstić information content (AvgIpc) is 2.05. The van der Waals surface area contributed by atoms with Gasteiger partial charge in [-0.1, -0.05) is 19.8 Å². The summed E-state index contributed by atoms with van der Waals surface area (Å²) in [5.41, 5.74) is 0.842. The topological polar surface area (TPSA) is 6.48 Å². The molecule has 0 aromatic heterocycles. The van der Waals surface area contributed by atoms with E-state index in [1.54, 1.807) is 0 Å². The maximum absolute atomic E-state index is 2.42. The summed E-state index contributed by atoms with van der Waals surface area (Å²) in [6.07, 6.45) is 5.88. The van der Waals surface area contributed by atoms with Gasteiger partial charge in [-0.3, -0.25) is 0 Å². The smallest absolute Gasteiger partial charge is 0.00474 e. The van der Waals surface area contributed by atoms with Crippen molar-refractivity contribution in [3.63, 3.8) is 0 Å². The molecule has 0 unspecified atom stereocenters. The number of hydrogen-bond acceptors (Lipinski definition) is 2. The Morgan fingerprint density at radius 2 is 1.67 bits per heavy atom. The summed E-state index contributed by atoms with van der Waals surface area (Å²) < 4.78 is 0. The third-order valence-electron chi connectivity index (χ3n) is 4.34. The molecule has 15 heavy (non-hydrogen) atoms. The molecule has 3 fully saturated rings. The molecule has 0 aromatic carbocycles. The molecule has 2 nitrogen and oxygen atoms in total. The monoisotopic (exact) mass is 210 g/mol. The van der Waals surface area contributed by atoms with Gasteiger partial charge in [0.05, 0.1) is 0 Å². The molecule has 1 aliphatic carbocycles. The molecule has 0 radical (unpaired) electrons. The molecule has 88 valence electrons. The maximum Gasteiger partial charge on any atom is 0.00474 e. The molecular weight excluding hydrogens is 184 g/mol. The molecule has 2 aliphatic heterocycles. The highest BCUT2D eigenvalue weighted by atomic mass is 15.2. The normalized spacial score (nSPS) is 29.8. The van der Waals surface area contributed by atoms with Crippen LogP contribution in [0.25, 0.3) is 0 Å². The number of nitrogens with zero attached hydrogens (tertiary/aromatic N) is 2. The van der Waals surface area contributed by atoms with E-state index >= 15 is 0 Å². The van der Waals surface area contributed by atoms with E-state index in [2.05, 4.69) is 30.8 Å². The minimum atomic E-state index is 0.842. The van der Waals surface area contributed by atoms with E-state index < -0.39 is 0 Å². The van der Waals surface area contributed by atoms with Crippen molar-refractivity contribution in [1.29, 1.82) is 0 Å². The van der Waals surface area contributed by atoms with Gasteiger partial charge >= 0.3 is 0 Å². The number of hydrogen-bond donors (Lipinski definition) is 0. The summed E-state index contributed by atoms with van der Waals surface area (Å²) in [4.78, 5) is 4.77. The minimum absolute atomic E-state index is 0.842. The van der Waals surface area contributed by atoms with Crippen LogP contribution in [0.3, 0.4) is 0 Å². The molecule has 3 rings (SSSR count). The fourth-order valence-electron chi connectivity index (χ4n) is 3.18. The zero-order chi connectivity index (χ0) is 10.9. The summed E-state index contributed by atoms with van der Waals surface area (Å²) >= 11 is 0. The lowest BCUT2D eigenvalue weighted by Crippen LogP contribution is -2.57. The number of rotatable bonds is 1. The fraction of sp³-hybridized carbons (Fsp3) is 1.00. The van der Waals surface area contributed by atoms with Crippen LogP contribution in [0, 0.1) is 11.3 Å². The number of likely N-dealkylation sites (tertiary alicyclic amines) is 2. The van der Waals surface area contributed by atoms with Crippen LogP contribution in [0.4, 0.5) is 0 Å². The van der Waals surface area contributed by atoms with Crippen LogP contribution in [0.5, 0.6) is 0 Å². The van der Waals surface area contributed by atoms with Crippen LogP contribution in [0.1, 0.15) is 32.6 Å². The van der Waals surface area contributed by atoms with Gasteiger partial charge in [0, 0.05) is 26.2 Å². The second-order valence-corrected chi connectivity index (χ2v) is 6.02. The van der Waals surface area contributed by atoms with Crippen LogP contribution in [0.2, 0.25) is 0 Å². The van der Waals surface area contributed by atoms with E-state index in [0.717, 1.165) is 11.3 Å². The third-order valence-corrected chi connectivity index (χ3v) is 4.34. The molecule has 0 aromatic rings. The standard InChI is InChI=1S/C7H13N.C6H13N/c1-8-5-7(6-8)3-2-4-7;1-3-6-4-7(2)5-6/h2-6H2,1H3;6H,3-5H2,1-2H3. The van der Waals surface area contributed by atoms with Crippen molar-refractivity contribution < 1.29 is 0 Å². The first kappa shape index (κ1) is 11.4. The van der Waals surface area contributed by atoms with Crippen LogP contribution < -0.4 is 0 Å². The Morgan fingerprint density at radius 3 is 1.80 bits per heavy atom. The lowest BCUT2D eigenvalue weighted by atomic mass is 9.64. The second kappa shape index (κ2) is 4.42. The molecule has 0 amide bonds. The predicted octanol–water partition coefficient (Wildman–Crippen LogP) is 2.06. The Hall–Kier alpha value is -0.0800. The highest BCUT2D eigenvalue weighted by Gasteiger charge is 2.45. The quantitative estimate of drug-likeness (QED) is 0.653. The van der Waals surface area contributed by atoms with E-state index in [1.165, 1.54) is 51.9 Å². The predicted molar refractivity (Wildman–Crippen MR) is 65.1 cm³/mol. The van der Waals surface area contributed by atoms with Crippen molar-refractivity contribution in [2.75, 3.05) is 40.3 Å².